The Morgan fingerprint density at radius 1 is 1.05 bits per heavy atom. The number of aromatic nitrogens is 4. The second kappa shape index (κ2) is 10.1. The highest BCUT2D eigenvalue weighted by Gasteiger charge is 2.41. The second-order valence-corrected chi connectivity index (χ2v) is 11.1. The van der Waals surface area contributed by atoms with Crippen molar-refractivity contribution in [2.24, 2.45) is 5.92 Å². The molecule has 9 nitrogen and oxygen atoms in total. The molecular weight excluding hydrogens is 507 g/mol. The number of aliphatic hydroxyl groups excluding tert-OH is 3. The SMILES string of the molecule is Cc1nc(NCc2ccc(F)cc2)nc(NC2CC(CO)C(O)C2O)c1-c1nc2c(C3CC3)nccc2s1. The number of rotatable bonds is 8. The summed E-state index contributed by atoms with van der Waals surface area (Å²) >= 11 is 1.54. The lowest BCUT2D eigenvalue weighted by Gasteiger charge is -2.21. The number of pyridine rings is 1. The Kier molecular flexibility index (Phi) is 6.68. The van der Waals surface area contributed by atoms with E-state index in [1.165, 1.54) is 12.1 Å². The van der Waals surface area contributed by atoms with Gasteiger partial charge in [-0.15, -0.1) is 11.3 Å². The fourth-order valence-electron chi connectivity index (χ4n) is 5.06. The number of thiazole rings is 1. The minimum Gasteiger partial charge on any atom is -0.396 e. The average molecular weight is 537 g/mol. The Hall–Kier alpha value is -3.25. The molecule has 4 atom stereocenters. The Morgan fingerprint density at radius 2 is 1.84 bits per heavy atom. The molecule has 0 saturated heterocycles. The molecule has 2 aliphatic rings. The van der Waals surface area contributed by atoms with E-state index in [0.717, 1.165) is 44.9 Å². The molecule has 38 heavy (non-hydrogen) atoms. The summed E-state index contributed by atoms with van der Waals surface area (Å²) in [6, 6.07) is 7.65. The summed E-state index contributed by atoms with van der Waals surface area (Å²) < 4.78 is 14.3. The first-order valence-corrected chi connectivity index (χ1v) is 13.6. The van der Waals surface area contributed by atoms with Crippen LogP contribution in [0.2, 0.25) is 0 Å². The Morgan fingerprint density at radius 3 is 2.55 bits per heavy atom. The zero-order valence-electron chi connectivity index (χ0n) is 20.8. The summed E-state index contributed by atoms with van der Waals surface area (Å²) in [5.74, 6) is 0.568. The van der Waals surface area contributed by atoms with E-state index in [4.69, 9.17) is 9.97 Å². The van der Waals surface area contributed by atoms with Gasteiger partial charge in [-0.25, -0.2) is 14.4 Å². The molecule has 11 heteroatoms. The number of anilines is 2. The number of halogens is 1. The van der Waals surface area contributed by atoms with Crippen molar-refractivity contribution in [2.75, 3.05) is 17.2 Å². The van der Waals surface area contributed by atoms with Gasteiger partial charge in [0.15, 0.2) is 0 Å². The van der Waals surface area contributed by atoms with Crippen LogP contribution in [0, 0.1) is 18.7 Å². The van der Waals surface area contributed by atoms with Crippen LogP contribution in [-0.2, 0) is 6.54 Å². The molecule has 2 aliphatic carbocycles. The number of benzene rings is 1. The van der Waals surface area contributed by atoms with Gasteiger partial charge >= 0.3 is 0 Å². The first-order valence-electron chi connectivity index (χ1n) is 12.8. The van der Waals surface area contributed by atoms with Gasteiger partial charge in [-0.1, -0.05) is 12.1 Å². The van der Waals surface area contributed by atoms with E-state index in [9.17, 15) is 19.7 Å². The third kappa shape index (κ3) is 4.82. The van der Waals surface area contributed by atoms with Crippen molar-refractivity contribution in [3.05, 3.63) is 59.3 Å². The molecule has 0 spiro atoms. The minimum absolute atomic E-state index is 0.217. The summed E-state index contributed by atoms with van der Waals surface area (Å²) in [7, 11) is 0. The van der Waals surface area contributed by atoms with Crippen LogP contribution in [0.4, 0.5) is 16.2 Å². The molecule has 4 unspecified atom stereocenters. The molecule has 0 amide bonds. The van der Waals surface area contributed by atoms with Crippen molar-refractivity contribution in [3.63, 3.8) is 0 Å². The monoisotopic (exact) mass is 536 g/mol. The molecule has 5 N–H and O–H groups in total. The van der Waals surface area contributed by atoms with Crippen LogP contribution >= 0.6 is 11.3 Å². The molecule has 1 aromatic carbocycles. The largest absolute Gasteiger partial charge is 0.396 e. The van der Waals surface area contributed by atoms with Crippen molar-refractivity contribution in [1.82, 2.24) is 19.9 Å². The van der Waals surface area contributed by atoms with Crippen molar-refractivity contribution >= 4 is 33.3 Å². The maximum Gasteiger partial charge on any atom is 0.225 e. The number of fused-ring (bicyclic) bond motifs is 1. The molecule has 3 heterocycles. The van der Waals surface area contributed by atoms with E-state index in [-0.39, 0.29) is 12.4 Å². The molecule has 198 valence electrons. The van der Waals surface area contributed by atoms with E-state index in [1.54, 1.807) is 23.5 Å². The van der Waals surface area contributed by atoms with Crippen LogP contribution in [-0.4, -0.2) is 60.1 Å². The van der Waals surface area contributed by atoms with Gasteiger partial charge in [0.2, 0.25) is 5.95 Å². The second-order valence-electron chi connectivity index (χ2n) is 10.1. The van der Waals surface area contributed by atoms with Crippen LogP contribution in [0.25, 0.3) is 20.8 Å². The van der Waals surface area contributed by atoms with Crippen LogP contribution in [0.1, 0.15) is 42.1 Å². The molecule has 2 saturated carbocycles. The molecule has 3 aromatic heterocycles. The fraction of sp³-hybridized carbons (Fsp3) is 0.407. The van der Waals surface area contributed by atoms with E-state index in [2.05, 4.69) is 20.6 Å². The molecule has 2 fully saturated rings. The summed E-state index contributed by atoms with van der Waals surface area (Å²) in [4.78, 5) is 19.0. The van der Waals surface area contributed by atoms with Gasteiger partial charge in [0, 0.05) is 31.2 Å². The fourth-order valence-corrected chi connectivity index (χ4v) is 6.12. The maximum atomic E-state index is 13.3. The summed E-state index contributed by atoms with van der Waals surface area (Å²) in [6.07, 6.45) is 2.36. The first-order chi connectivity index (χ1) is 18.4. The molecule has 0 aliphatic heterocycles. The average Bonchev–Trinajstić information content (AvgIpc) is 3.61. The van der Waals surface area contributed by atoms with E-state index >= 15 is 0 Å². The van der Waals surface area contributed by atoms with Crippen LogP contribution in [0.5, 0.6) is 0 Å². The van der Waals surface area contributed by atoms with Gasteiger partial charge in [0.25, 0.3) is 0 Å². The smallest absolute Gasteiger partial charge is 0.225 e. The predicted molar refractivity (Wildman–Crippen MR) is 143 cm³/mol. The van der Waals surface area contributed by atoms with Crippen molar-refractivity contribution in [2.45, 2.75) is 56.9 Å². The molecule has 0 bridgehead atoms. The van der Waals surface area contributed by atoms with E-state index < -0.39 is 24.2 Å². The lowest BCUT2D eigenvalue weighted by molar-refractivity contribution is 0.00446. The summed E-state index contributed by atoms with van der Waals surface area (Å²) in [5, 5.41) is 38.0. The third-order valence-electron chi connectivity index (χ3n) is 7.33. The minimum atomic E-state index is -1.06. The standard InChI is InChI=1S/C27H29FN6O3S/c1-13-20(26-33-22-19(38-26)8-9-29-21(22)15-4-5-15)25(32-18-10-16(12-35)23(36)24(18)37)34-27(31-13)30-11-14-2-6-17(28)7-3-14/h2-3,6-9,15-16,18,23-24,35-37H,4-5,10-12H2,1H3,(H2,30,31,32,34). The number of hydrogen-bond donors (Lipinski definition) is 5. The van der Waals surface area contributed by atoms with Crippen molar-refractivity contribution < 1.29 is 19.7 Å². The topological polar surface area (TPSA) is 136 Å². The highest BCUT2D eigenvalue weighted by Crippen LogP contribution is 2.44. The number of nitrogens with zero attached hydrogens (tertiary/aromatic N) is 4. The molecule has 4 aromatic rings. The normalized spacial score (nSPS) is 23.2. The summed E-state index contributed by atoms with van der Waals surface area (Å²) in [5.41, 5.74) is 4.20. The maximum absolute atomic E-state index is 13.3. The highest BCUT2D eigenvalue weighted by atomic mass is 32.1. The first kappa shape index (κ1) is 25.1. The van der Waals surface area contributed by atoms with Crippen LogP contribution in [0.15, 0.2) is 36.5 Å². The van der Waals surface area contributed by atoms with Crippen molar-refractivity contribution in [3.8, 4) is 10.6 Å². The van der Waals surface area contributed by atoms with Gasteiger partial charge in [-0.05, 0) is 49.9 Å². The molecular formula is C27H29FN6O3S. The van der Waals surface area contributed by atoms with Crippen molar-refractivity contribution in [1.29, 1.82) is 0 Å². The lowest BCUT2D eigenvalue weighted by atomic mass is 10.1. The molecule has 0 radical (unpaired) electrons. The highest BCUT2D eigenvalue weighted by molar-refractivity contribution is 7.21. The van der Waals surface area contributed by atoms with Crippen LogP contribution < -0.4 is 10.6 Å². The lowest BCUT2D eigenvalue weighted by Crippen LogP contribution is -2.35. The van der Waals surface area contributed by atoms with Gasteiger partial charge in [-0.2, -0.15) is 4.98 Å². The number of aliphatic hydroxyl groups is 3. The third-order valence-corrected chi connectivity index (χ3v) is 8.36. The zero-order chi connectivity index (χ0) is 26.4. The quantitative estimate of drug-likeness (QED) is 0.229. The number of aryl methyl sites for hydroxylation is 1. The number of nitrogens with one attached hydrogen (secondary N) is 2. The summed E-state index contributed by atoms with van der Waals surface area (Å²) in [6.45, 7) is 2.06. The molecule has 6 rings (SSSR count). The van der Waals surface area contributed by atoms with Gasteiger partial charge in [0.1, 0.15) is 28.3 Å². The Labute approximate surface area is 222 Å². The van der Waals surface area contributed by atoms with E-state index in [0.29, 0.717) is 36.3 Å². The van der Waals surface area contributed by atoms with E-state index in [1.807, 2.05) is 19.2 Å². The predicted octanol–water partition coefficient (Wildman–Crippen LogP) is 3.60. The van der Waals surface area contributed by atoms with Crippen LogP contribution in [0.3, 0.4) is 0 Å². The van der Waals surface area contributed by atoms with Gasteiger partial charge in [0.05, 0.1) is 33.8 Å². The Bertz CT molecular complexity index is 1460. The zero-order valence-corrected chi connectivity index (χ0v) is 21.6. The Balaban J connectivity index is 1.37. The van der Waals surface area contributed by atoms with Gasteiger partial charge < -0.3 is 26.0 Å². The van der Waals surface area contributed by atoms with Gasteiger partial charge in [-0.3, -0.25) is 4.98 Å². The number of hydrogen-bond acceptors (Lipinski definition) is 10.